The number of carbonyl (C=O) groups is 1. The van der Waals surface area contributed by atoms with Crippen molar-refractivity contribution in [3.8, 4) is 11.6 Å². The van der Waals surface area contributed by atoms with E-state index in [1.54, 1.807) is 18.3 Å². The number of amides is 1. The fourth-order valence-electron chi connectivity index (χ4n) is 2.01. The van der Waals surface area contributed by atoms with Crippen molar-refractivity contribution in [3.63, 3.8) is 0 Å². The van der Waals surface area contributed by atoms with Gasteiger partial charge >= 0.3 is 0 Å². The topological polar surface area (TPSA) is 64.1 Å². The molecule has 0 bridgehead atoms. The summed E-state index contributed by atoms with van der Waals surface area (Å²) in [6.07, 6.45) is 1.85. The van der Waals surface area contributed by atoms with Crippen molar-refractivity contribution >= 4 is 22.9 Å². The Labute approximate surface area is 138 Å². The van der Waals surface area contributed by atoms with E-state index in [9.17, 15) is 4.79 Å². The van der Waals surface area contributed by atoms with Crippen LogP contribution in [0.2, 0.25) is 0 Å². The lowest BCUT2D eigenvalue weighted by atomic mass is 10.3. The van der Waals surface area contributed by atoms with Crippen molar-refractivity contribution in [3.05, 3.63) is 64.7 Å². The maximum Gasteiger partial charge on any atom is 0.230 e. The first-order valence-corrected chi connectivity index (χ1v) is 7.97. The van der Waals surface area contributed by atoms with Crippen molar-refractivity contribution in [2.75, 3.05) is 5.32 Å². The molecule has 0 saturated carbocycles. The SMILES string of the molecule is Cc1nc(CC(=O)Nc2ccnc(Oc3ccccc3)c2)cs1. The number of nitrogens with zero attached hydrogens (tertiary/aromatic N) is 2. The van der Waals surface area contributed by atoms with E-state index in [1.807, 2.05) is 42.6 Å². The molecule has 0 aliphatic heterocycles. The maximum atomic E-state index is 12.1. The highest BCUT2D eigenvalue weighted by atomic mass is 32.1. The number of hydrogen-bond donors (Lipinski definition) is 1. The number of rotatable bonds is 5. The van der Waals surface area contributed by atoms with Crippen LogP contribution in [0.15, 0.2) is 54.0 Å². The summed E-state index contributed by atoms with van der Waals surface area (Å²) in [6.45, 7) is 1.92. The zero-order valence-corrected chi connectivity index (χ0v) is 13.3. The molecule has 116 valence electrons. The molecule has 0 spiro atoms. The summed E-state index contributed by atoms with van der Waals surface area (Å²) in [5.74, 6) is 1.01. The van der Waals surface area contributed by atoms with Crippen molar-refractivity contribution < 1.29 is 9.53 Å². The normalized spacial score (nSPS) is 10.3. The molecule has 2 heterocycles. The van der Waals surface area contributed by atoms with Gasteiger partial charge in [-0.25, -0.2) is 9.97 Å². The van der Waals surface area contributed by atoms with E-state index in [-0.39, 0.29) is 12.3 Å². The minimum atomic E-state index is -0.118. The van der Waals surface area contributed by atoms with Gasteiger partial charge in [0.15, 0.2) is 0 Å². The molecule has 1 N–H and O–H groups in total. The molecule has 0 fully saturated rings. The van der Waals surface area contributed by atoms with Gasteiger partial charge in [-0.05, 0) is 25.1 Å². The van der Waals surface area contributed by atoms with E-state index in [0.29, 0.717) is 17.3 Å². The van der Waals surface area contributed by atoms with E-state index < -0.39 is 0 Å². The molecule has 0 atom stereocenters. The van der Waals surface area contributed by atoms with Crippen LogP contribution in [0.1, 0.15) is 10.7 Å². The average molecular weight is 325 g/mol. The third-order valence-corrected chi connectivity index (χ3v) is 3.81. The number of hydrogen-bond acceptors (Lipinski definition) is 5. The molecule has 1 aromatic carbocycles. The predicted octanol–water partition coefficient (Wildman–Crippen LogP) is 3.82. The second kappa shape index (κ2) is 7.02. The Balaban J connectivity index is 1.64. The Morgan fingerprint density at radius 3 is 2.83 bits per heavy atom. The molecule has 0 saturated heterocycles. The highest BCUT2D eigenvalue weighted by molar-refractivity contribution is 7.09. The van der Waals surface area contributed by atoms with Gasteiger partial charge in [0.1, 0.15) is 5.75 Å². The van der Waals surface area contributed by atoms with E-state index >= 15 is 0 Å². The minimum Gasteiger partial charge on any atom is -0.439 e. The molecule has 0 radical (unpaired) electrons. The predicted molar refractivity (Wildman–Crippen MR) is 89.9 cm³/mol. The Hall–Kier alpha value is -2.73. The first-order valence-electron chi connectivity index (χ1n) is 7.09. The standard InChI is InChI=1S/C17H15N3O2S/c1-12-19-14(11-23-12)9-16(21)20-13-7-8-18-17(10-13)22-15-5-3-2-4-6-15/h2-8,10-11H,9H2,1H3,(H,18,20,21). The summed E-state index contributed by atoms with van der Waals surface area (Å²) in [5, 5.41) is 5.68. The lowest BCUT2D eigenvalue weighted by molar-refractivity contribution is -0.115. The van der Waals surface area contributed by atoms with Crippen molar-refractivity contribution in [2.24, 2.45) is 0 Å². The van der Waals surface area contributed by atoms with E-state index in [4.69, 9.17) is 4.74 Å². The molecule has 3 aromatic rings. The molecule has 6 heteroatoms. The van der Waals surface area contributed by atoms with E-state index in [2.05, 4.69) is 15.3 Å². The highest BCUT2D eigenvalue weighted by Gasteiger charge is 2.08. The largest absolute Gasteiger partial charge is 0.439 e. The van der Waals surface area contributed by atoms with Crippen molar-refractivity contribution in [1.29, 1.82) is 0 Å². The van der Waals surface area contributed by atoms with Crippen LogP contribution in [-0.2, 0) is 11.2 Å². The van der Waals surface area contributed by atoms with Gasteiger partial charge in [0.25, 0.3) is 0 Å². The minimum absolute atomic E-state index is 0.118. The van der Waals surface area contributed by atoms with E-state index in [1.165, 1.54) is 11.3 Å². The molecule has 23 heavy (non-hydrogen) atoms. The van der Waals surface area contributed by atoms with Gasteiger partial charge in [-0.15, -0.1) is 11.3 Å². The van der Waals surface area contributed by atoms with Gasteiger partial charge in [0.2, 0.25) is 11.8 Å². The average Bonchev–Trinajstić information content (AvgIpc) is 2.93. The molecule has 0 aliphatic carbocycles. The van der Waals surface area contributed by atoms with Crippen LogP contribution in [0.3, 0.4) is 0 Å². The summed E-state index contributed by atoms with van der Waals surface area (Å²) in [5.41, 5.74) is 1.42. The number of pyridine rings is 1. The number of para-hydroxylation sites is 1. The number of aryl methyl sites for hydroxylation is 1. The van der Waals surface area contributed by atoms with Gasteiger partial charge in [0.05, 0.1) is 17.1 Å². The van der Waals surface area contributed by atoms with Gasteiger partial charge in [0, 0.05) is 23.3 Å². The third-order valence-electron chi connectivity index (χ3n) is 2.99. The summed E-state index contributed by atoms with van der Waals surface area (Å²) in [7, 11) is 0. The van der Waals surface area contributed by atoms with Crippen LogP contribution in [0, 0.1) is 6.92 Å². The Bertz CT molecular complexity index is 802. The third kappa shape index (κ3) is 4.37. The van der Waals surface area contributed by atoms with Crippen molar-refractivity contribution in [2.45, 2.75) is 13.3 Å². The fourth-order valence-corrected chi connectivity index (χ4v) is 2.62. The lowest BCUT2D eigenvalue weighted by Crippen LogP contribution is -2.14. The van der Waals surface area contributed by atoms with Gasteiger partial charge in [-0.2, -0.15) is 0 Å². The van der Waals surface area contributed by atoms with Crippen LogP contribution >= 0.6 is 11.3 Å². The van der Waals surface area contributed by atoms with Crippen LogP contribution in [0.25, 0.3) is 0 Å². The zero-order chi connectivity index (χ0) is 16.1. The first kappa shape index (κ1) is 15.2. The second-order valence-corrected chi connectivity index (χ2v) is 5.94. The molecule has 0 unspecified atom stereocenters. The molecule has 5 nitrogen and oxygen atoms in total. The van der Waals surface area contributed by atoms with E-state index in [0.717, 1.165) is 10.7 Å². The molecule has 0 aliphatic rings. The Kier molecular flexibility index (Phi) is 4.63. The van der Waals surface area contributed by atoms with Crippen LogP contribution in [0.5, 0.6) is 11.6 Å². The summed E-state index contributed by atoms with van der Waals surface area (Å²) in [4.78, 5) is 20.5. The Morgan fingerprint density at radius 1 is 1.26 bits per heavy atom. The molecule has 3 rings (SSSR count). The quantitative estimate of drug-likeness (QED) is 0.774. The first-order chi connectivity index (χ1) is 11.2. The number of ether oxygens (including phenoxy) is 1. The molecular formula is C17H15N3O2S. The fraction of sp³-hybridized carbons (Fsp3) is 0.118. The monoisotopic (exact) mass is 325 g/mol. The lowest BCUT2D eigenvalue weighted by Gasteiger charge is -2.07. The highest BCUT2D eigenvalue weighted by Crippen LogP contribution is 2.21. The van der Waals surface area contributed by atoms with Gasteiger partial charge in [-0.3, -0.25) is 4.79 Å². The zero-order valence-electron chi connectivity index (χ0n) is 12.5. The van der Waals surface area contributed by atoms with Gasteiger partial charge < -0.3 is 10.1 Å². The summed E-state index contributed by atoms with van der Waals surface area (Å²) in [6, 6.07) is 12.8. The second-order valence-electron chi connectivity index (χ2n) is 4.88. The number of thiazole rings is 1. The Morgan fingerprint density at radius 2 is 2.09 bits per heavy atom. The maximum absolute atomic E-state index is 12.1. The number of carbonyl (C=O) groups excluding carboxylic acids is 1. The van der Waals surface area contributed by atoms with Crippen LogP contribution in [-0.4, -0.2) is 15.9 Å². The number of nitrogens with one attached hydrogen (secondary N) is 1. The number of aromatic nitrogens is 2. The van der Waals surface area contributed by atoms with Crippen molar-refractivity contribution in [1.82, 2.24) is 9.97 Å². The van der Waals surface area contributed by atoms with Crippen LogP contribution in [0.4, 0.5) is 5.69 Å². The number of anilines is 1. The number of benzene rings is 1. The molecule has 2 aromatic heterocycles. The summed E-state index contributed by atoms with van der Waals surface area (Å²) >= 11 is 1.54. The van der Waals surface area contributed by atoms with Gasteiger partial charge in [-0.1, -0.05) is 18.2 Å². The van der Waals surface area contributed by atoms with Crippen LogP contribution < -0.4 is 10.1 Å². The summed E-state index contributed by atoms with van der Waals surface area (Å²) < 4.78 is 5.65. The molecular weight excluding hydrogens is 310 g/mol. The molecule has 1 amide bonds. The smallest absolute Gasteiger partial charge is 0.230 e.